The van der Waals surface area contributed by atoms with Gasteiger partial charge in [-0.05, 0) is 64.5 Å². The number of aryl methyl sites for hydroxylation is 1. The summed E-state index contributed by atoms with van der Waals surface area (Å²) in [6.07, 6.45) is 4.15. The zero-order valence-corrected chi connectivity index (χ0v) is 17.7. The van der Waals surface area contributed by atoms with E-state index in [4.69, 9.17) is 4.74 Å². The molecule has 4 nitrogen and oxygen atoms in total. The first-order valence-corrected chi connectivity index (χ1v) is 11.2. The number of aromatic nitrogens is 2. The highest BCUT2D eigenvalue weighted by Gasteiger charge is 2.22. The van der Waals surface area contributed by atoms with Gasteiger partial charge in [0.15, 0.2) is 0 Å². The number of rotatable bonds is 5. The van der Waals surface area contributed by atoms with Crippen molar-refractivity contribution in [3.8, 4) is 16.9 Å². The molecule has 0 N–H and O–H groups in total. The molecule has 142 valence electrons. The molecule has 3 heterocycles. The molecule has 27 heavy (non-hydrogen) atoms. The Morgan fingerprint density at radius 3 is 2.63 bits per heavy atom. The lowest BCUT2D eigenvalue weighted by atomic mass is 10.0. The first kappa shape index (κ1) is 18.7. The van der Waals surface area contributed by atoms with Crippen LogP contribution in [0, 0.1) is 6.92 Å². The molecule has 1 aliphatic rings. The summed E-state index contributed by atoms with van der Waals surface area (Å²) in [4.78, 5) is 14.0. The van der Waals surface area contributed by atoms with Gasteiger partial charge in [-0.3, -0.25) is 0 Å². The number of piperidine rings is 1. The molecule has 0 spiro atoms. The van der Waals surface area contributed by atoms with Crippen LogP contribution < -0.4 is 4.74 Å². The van der Waals surface area contributed by atoms with Crippen LogP contribution in [0.5, 0.6) is 5.75 Å². The smallest absolute Gasteiger partial charge is 0.128 e. The lowest BCUT2D eigenvalue weighted by Crippen LogP contribution is -2.31. The molecule has 1 saturated heterocycles. The minimum atomic E-state index is 0.632. The molecule has 2 aromatic heterocycles. The Hall–Kier alpha value is -1.63. The Kier molecular flexibility index (Phi) is 5.66. The number of thiophene rings is 1. The van der Waals surface area contributed by atoms with Crippen LogP contribution in [0.25, 0.3) is 21.3 Å². The molecule has 4 rings (SSSR count). The number of ether oxygens (including phenoxy) is 1. The number of fused-ring (bicyclic) bond motifs is 1. The Morgan fingerprint density at radius 1 is 1.19 bits per heavy atom. The summed E-state index contributed by atoms with van der Waals surface area (Å²) in [5.41, 5.74) is 2.48. The van der Waals surface area contributed by atoms with Crippen molar-refractivity contribution in [2.75, 3.05) is 26.7 Å². The number of thioether (sulfide) groups is 1. The summed E-state index contributed by atoms with van der Waals surface area (Å²) in [6, 6.07) is 8.40. The van der Waals surface area contributed by atoms with Gasteiger partial charge in [-0.1, -0.05) is 12.1 Å². The van der Waals surface area contributed by atoms with Gasteiger partial charge in [0.2, 0.25) is 0 Å². The molecule has 1 aliphatic heterocycles. The van der Waals surface area contributed by atoms with Crippen LogP contribution >= 0.6 is 23.1 Å². The lowest BCUT2D eigenvalue weighted by Gasteiger charge is -2.28. The fourth-order valence-corrected chi connectivity index (χ4v) is 5.86. The number of nitrogens with zero attached hydrogens (tertiary/aromatic N) is 3. The topological polar surface area (TPSA) is 38.3 Å². The van der Waals surface area contributed by atoms with Crippen molar-refractivity contribution in [1.29, 1.82) is 0 Å². The van der Waals surface area contributed by atoms with E-state index >= 15 is 0 Å². The van der Waals surface area contributed by atoms with Crippen LogP contribution in [0.3, 0.4) is 0 Å². The second-order valence-corrected chi connectivity index (χ2v) is 9.46. The number of hydrogen-bond donors (Lipinski definition) is 0. The fraction of sp³-hybridized carbons (Fsp3) is 0.429. The maximum Gasteiger partial charge on any atom is 0.128 e. The van der Waals surface area contributed by atoms with Gasteiger partial charge in [0.1, 0.15) is 21.9 Å². The van der Waals surface area contributed by atoms with Crippen molar-refractivity contribution in [1.82, 2.24) is 14.9 Å². The predicted molar refractivity (Wildman–Crippen MR) is 115 cm³/mol. The standard InChI is InChI=1S/C21H25N3OS2/c1-4-25-16-7-5-15(6-8-16)18-14(2)26-20-19(18)21(23-13-22-20)27-17-9-11-24(3)12-10-17/h5-8,13,17H,4,9-12H2,1-3H3. The van der Waals surface area contributed by atoms with Gasteiger partial charge >= 0.3 is 0 Å². The normalized spacial score (nSPS) is 16.1. The van der Waals surface area contributed by atoms with Crippen LogP contribution in [0.1, 0.15) is 24.6 Å². The van der Waals surface area contributed by atoms with E-state index in [1.807, 2.05) is 18.7 Å². The minimum Gasteiger partial charge on any atom is -0.494 e. The molecule has 0 bridgehead atoms. The maximum absolute atomic E-state index is 5.60. The van der Waals surface area contributed by atoms with Gasteiger partial charge in [0.25, 0.3) is 0 Å². The van der Waals surface area contributed by atoms with Crippen molar-refractivity contribution in [2.24, 2.45) is 0 Å². The molecular formula is C21H25N3OS2. The molecule has 3 aromatic rings. The Morgan fingerprint density at radius 2 is 1.93 bits per heavy atom. The molecule has 6 heteroatoms. The third-order valence-corrected chi connectivity index (χ3v) is 7.38. The van der Waals surface area contributed by atoms with E-state index < -0.39 is 0 Å². The van der Waals surface area contributed by atoms with Gasteiger partial charge in [-0.15, -0.1) is 23.1 Å². The van der Waals surface area contributed by atoms with Gasteiger partial charge in [-0.25, -0.2) is 9.97 Å². The van der Waals surface area contributed by atoms with Crippen molar-refractivity contribution in [2.45, 2.75) is 37.0 Å². The maximum atomic E-state index is 5.60. The molecular weight excluding hydrogens is 374 g/mol. The second kappa shape index (κ2) is 8.17. The highest BCUT2D eigenvalue weighted by Crippen LogP contribution is 2.43. The SMILES string of the molecule is CCOc1ccc(-c2c(C)sc3ncnc(SC4CCN(C)CC4)c23)cc1. The van der Waals surface area contributed by atoms with Gasteiger partial charge in [0.05, 0.1) is 12.0 Å². The van der Waals surface area contributed by atoms with E-state index in [-0.39, 0.29) is 0 Å². The lowest BCUT2D eigenvalue weighted by molar-refractivity contribution is 0.282. The highest BCUT2D eigenvalue weighted by atomic mass is 32.2. The largest absolute Gasteiger partial charge is 0.494 e. The molecule has 0 amide bonds. The van der Waals surface area contributed by atoms with Crippen molar-refractivity contribution >= 4 is 33.3 Å². The zero-order chi connectivity index (χ0) is 18.8. The van der Waals surface area contributed by atoms with Crippen molar-refractivity contribution in [3.05, 3.63) is 35.5 Å². The molecule has 1 aromatic carbocycles. The molecule has 1 fully saturated rings. The van der Waals surface area contributed by atoms with Crippen molar-refractivity contribution < 1.29 is 4.74 Å². The van der Waals surface area contributed by atoms with Crippen LogP contribution in [-0.4, -0.2) is 46.9 Å². The summed E-state index contributed by atoms with van der Waals surface area (Å²) >= 11 is 3.69. The van der Waals surface area contributed by atoms with Gasteiger partial charge in [0, 0.05) is 15.7 Å². The number of benzene rings is 1. The van der Waals surface area contributed by atoms with E-state index in [1.165, 1.54) is 47.3 Å². The second-order valence-electron chi connectivity index (χ2n) is 6.97. The molecule has 0 radical (unpaired) electrons. The fourth-order valence-electron chi connectivity index (χ4n) is 3.60. The first-order chi connectivity index (χ1) is 13.2. The van der Waals surface area contributed by atoms with Crippen molar-refractivity contribution in [3.63, 3.8) is 0 Å². The van der Waals surface area contributed by atoms with Crippen LogP contribution in [-0.2, 0) is 0 Å². The van der Waals surface area contributed by atoms with E-state index in [2.05, 4.69) is 53.1 Å². The predicted octanol–water partition coefficient (Wildman–Crippen LogP) is 5.25. The Labute approximate surface area is 169 Å². The monoisotopic (exact) mass is 399 g/mol. The Bertz CT molecular complexity index is 915. The summed E-state index contributed by atoms with van der Waals surface area (Å²) in [7, 11) is 2.20. The summed E-state index contributed by atoms with van der Waals surface area (Å²) in [6.45, 7) is 7.21. The van der Waals surface area contributed by atoms with E-state index in [9.17, 15) is 0 Å². The number of likely N-dealkylation sites (tertiary alicyclic amines) is 1. The third kappa shape index (κ3) is 3.98. The van der Waals surface area contributed by atoms with Gasteiger partial charge in [-0.2, -0.15) is 0 Å². The van der Waals surface area contributed by atoms with E-state index in [0.29, 0.717) is 11.9 Å². The molecule has 0 atom stereocenters. The quantitative estimate of drug-likeness (QED) is 0.548. The Balaban J connectivity index is 1.71. The highest BCUT2D eigenvalue weighted by molar-refractivity contribution is 8.00. The summed E-state index contributed by atoms with van der Waals surface area (Å²) in [5.74, 6) is 0.913. The average molecular weight is 400 g/mol. The third-order valence-electron chi connectivity index (χ3n) is 5.03. The van der Waals surface area contributed by atoms with E-state index in [1.54, 1.807) is 17.7 Å². The molecule has 0 aliphatic carbocycles. The van der Waals surface area contributed by atoms with Crippen LogP contribution in [0.15, 0.2) is 35.6 Å². The minimum absolute atomic E-state index is 0.632. The first-order valence-electron chi connectivity index (χ1n) is 9.48. The summed E-state index contributed by atoms with van der Waals surface area (Å²) in [5, 5.41) is 2.98. The zero-order valence-electron chi connectivity index (χ0n) is 16.1. The van der Waals surface area contributed by atoms with Gasteiger partial charge < -0.3 is 9.64 Å². The van der Waals surface area contributed by atoms with Crippen LogP contribution in [0.4, 0.5) is 0 Å². The molecule has 0 unspecified atom stereocenters. The number of hydrogen-bond acceptors (Lipinski definition) is 6. The average Bonchev–Trinajstić information content (AvgIpc) is 3.01. The van der Waals surface area contributed by atoms with E-state index in [0.717, 1.165) is 15.6 Å². The van der Waals surface area contributed by atoms with Crippen LogP contribution in [0.2, 0.25) is 0 Å². The molecule has 0 saturated carbocycles. The summed E-state index contributed by atoms with van der Waals surface area (Å²) < 4.78 is 5.60.